The Bertz CT molecular complexity index is 429. The van der Waals surface area contributed by atoms with E-state index in [0.717, 1.165) is 51.8 Å². The minimum atomic E-state index is 0. The van der Waals surface area contributed by atoms with E-state index in [1.54, 1.807) is 7.05 Å². The molecule has 1 aliphatic rings. The van der Waals surface area contributed by atoms with Gasteiger partial charge >= 0.3 is 0 Å². The molecular weight excluding hydrogens is 342 g/mol. The smallest absolute Gasteiger partial charge is 0.190 e. The Labute approximate surface area is 144 Å². The van der Waals surface area contributed by atoms with Gasteiger partial charge in [0.25, 0.3) is 0 Å². The van der Waals surface area contributed by atoms with Gasteiger partial charge < -0.3 is 10.6 Å². The van der Waals surface area contributed by atoms with Crippen molar-refractivity contribution >= 4 is 22.9 Å². The summed E-state index contributed by atoms with van der Waals surface area (Å²) in [5.41, 5.74) is 1.41. The Morgan fingerprint density at radius 3 is 2.32 bits per heavy atom. The van der Waals surface area contributed by atoms with Gasteiger partial charge in [-0.05, 0) is 5.56 Å². The number of halogens is 1. The monoisotopic (exact) mass is 369 g/mol. The standard InChI is InChI=1S/C16H27N5.BrH/c1-17-16(18-2)19-8-9-20-10-12-21(13-11-20)14-15-6-4-3-5-7-15;/h3-7H,8-14H2,1-2H3,(H2,17,18,19);1H. The second-order valence-electron chi connectivity index (χ2n) is 5.35. The normalized spacial score (nSPS) is 16.9. The Kier molecular flexibility index (Phi) is 9.11. The molecule has 0 aromatic heterocycles. The maximum atomic E-state index is 4.12. The van der Waals surface area contributed by atoms with Gasteiger partial charge in [0.15, 0.2) is 5.96 Å². The first-order valence-corrected chi connectivity index (χ1v) is 7.69. The highest BCUT2D eigenvalue weighted by atomic mass is 79.9. The van der Waals surface area contributed by atoms with Crippen LogP contribution in [-0.4, -0.2) is 69.1 Å². The summed E-state index contributed by atoms with van der Waals surface area (Å²) in [6.07, 6.45) is 0. The predicted octanol–water partition coefficient (Wildman–Crippen LogP) is 1.18. The second-order valence-corrected chi connectivity index (χ2v) is 5.35. The molecule has 0 radical (unpaired) electrons. The number of nitrogens with zero attached hydrogens (tertiary/aromatic N) is 3. The van der Waals surface area contributed by atoms with E-state index < -0.39 is 0 Å². The fraction of sp³-hybridized carbons (Fsp3) is 0.562. The van der Waals surface area contributed by atoms with Crippen molar-refractivity contribution < 1.29 is 0 Å². The average Bonchev–Trinajstić information content (AvgIpc) is 2.54. The summed E-state index contributed by atoms with van der Waals surface area (Å²) in [6.45, 7) is 7.66. The van der Waals surface area contributed by atoms with Gasteiger partial charge in [-0.3, -0.25) is 14.8 Å². The first-order valence-electron chi connectivity index (χ1n) is 7.69. The van der Waals surface area contributed by atoms with Gasteiger partial charge in [-0.1, -0.05) is 30.3 Å². The third-order valence-electron chi connectivity index (χ3n) is 3.89. The average molecular weight is 370 g/mol. The number of benzene rings is 1. The number of hydrogen-bond acceptors (Lipinski definition) is 3. The van der Waals surface area contributed by atoms with Gasteiger partial charge in [0.2, 0.25) is 0 Å². The second kappa shape index (κ2) is 10.6. The fourth-order valence-corrected chi connectivity index (χ4v) is 2.62. The van der Waals surface area contributed by atoms with Crippen LogP contribution in [0.15, 0.2) is 35.3 Å². The molecule has 1 aromatic carbocycles. The zero-order valence-corrected chi connectivity index (χ0v) is 15.3. The van der Waals surface area contributed by atoms with Crippen molar-refractivity contribution in [3.05, 3.63) is 35.9 Å². The van der Waals surface area contributed by atoms with E-state index in [4.69, 9.17) is 0 Å². The molecule has 0 unspecified atom stereocenters. The molecule has 2 N–H and O–H groups in total. The molecular formula is C16H28BrN5. The molecule has 5 nitrogen and oxygen atoms in total. The molecule has 0 bridgehead atoms. The van der Waals surface area contributed by atoms with Crippen molar-refractivity contribution in [3.8, 4) is 0 Å². The summed E-state index contributed by atoms with van der Waals surface area (Å²) < 4.78 is 0. The molecule has 1 aliphatic heterocycles. The van der Waals surface area contributed by atoms with Crippen molar-refractivity contribution in [2.24, 2.45) is 4.99 Å². The Hall–Kier alpha value is -1.11. The summed E-state index contributed by atoms with van der Waals surface area (Å²) in [7, 11) is 3.68. The van der Waals surface area contributed by atoms with Gasteiger partial charge in [0.05, 0.1) is 0 Å². The number of hydrogen-bond donors (Lipinski definition) is 2. The number of rotatable bonds is 5. The van der Waals surface area contributed by atoms with Crippen LogP contribution in [0.1, 0.15) is 5.56 Å². The van der Waals surface area contributed by atoms with E-state index in [1.807, 2.05) is 7.05 Å². The van der Waals surface area contributed by atoms with Gasteiger partial charge in [-0.2, -0.15) is 0 Å². The molecule has 124 valence electrons. The van der Waals surface area contributed by atoms with Crippen molar-refractivity contribution in [2.75, 3.05) is 53.4 Å². The zero-order valence-electron chi connectivity index (χ0n) is 13.6. The van der Waals surface area contributed by atoms with Gasteiger partial charge in [0, 0.05) is 59.9 Å². The highest BCUT2D eigenvalue weighted by Crippen LogP contribution is 2.07. The van der Waals surface area contributed by atoms with Crippen LogP contribution in [0.4, 0.5) is 0 Å². The number of aliphatic imine (C=N–C) groups is 1. The van der Waals surface area contributed by atoms with Crippen LogP contribution in [0.2, 0.25) is 0 Å². The van der Waals surface area contributed by atoms with Crippen molar-refractivity contribution in [1.29, 1.82) is 0 Å². The quantitative estimate of drug-likeness (QED) is 0.604. The lowest BCUT2D eigenvalue weighted by atomic mass is 10.2. The molecule has 2 rings (SSSR count). The zero-order chi connectivity index (χ0) is 14.9. The molecule has 1 heterocycles. The molecule has 0 aliphatic carbocycles. The molecule has 0 spiro atoms. The number of guanidine groups is 1. The van der Waals surface area contributed by atoms with Gasteiger partial charge in [-0.15, -0.1) is 17.0 Å². The predicted molar refractivity (Wildman–Crippen MR) is 98.9 cm³/mol. The summed E-state index contributed by atoms with van der Waals surface area (Å²) >= 11 is 0. The summed E-state index contributed by atoms with van der Waals surface area (Å²) in [5.74, 6) is 0.859. The Balaban J connectivity index is 0.00000242. The Morgan fingerprint density at radius 2 is 1.73 bits per heavy atom. The summed E-state index contributed by atoms with van der Waals surface area (Å²) in [5, 5.41) is 6.34. The molecule has 22 heavy (non-hydrogen) atoms. The SMILES string of the molecule is Br.CN=C(NC)NCCN1CCN(Cc2ccccc2)CC1. The van der Waals surface area contributed by atoms with E-state index in [1.165, 1.54) is 5.56 Å². The number of piperazine rings is 1. The third-order valence-corrected chi connectivity index (χ3v) is 3.89. The highest BCUT2D eigenvalue weighted by molar-refractivity contribution is 8.93. The first kappa shape index (κ1) is 18.9. The van der Waals surface area contributed by atoms with Crippen LogP contribution in [-0.2, 0) is 6.54 Å². The number of nitrogens with one attached hydrogen (secondary N) is 2. The summed E-state index contributed by atoms with van der Waals surface area (Å²) in [6, 6.07) is 10.7. The van der Waals surface area contributed by atoms with E-state index in [9.17, 15) is 0 Å². The first-order chi connectivity index (χ1) is 10.3. The lowest BCUT2D eigenvalue weighted by molar-refractivity contribution is 0.129. The molecule has 1 saturated heterocycles. The molecule has 1 fully saturated rings. The third kappa shape index (κ3) is 6.34. The maximum Gasteiger partial charge on any atom is 0.190 e. The minimum absolute atomic E-state index is 0. The van der Waals surface area contributed by atoms with Crippen LogP contribution < -0.4 is 10.6 Å². The Morgan fingerprint density at radius 1 is 1.09 bits per heavy atom. The van der Waals surface area contributed by atoms with Gasteiger partial charge in [0.1, 0.15) is 0 Å². The lowest BCUT2D eigenvalue weighted by Gasteiger charge is -2.34. The van der Waals surface area contributed by atoms with Crippen LogP contribution >= 0.6 is 17.0 Å². The van der Waals surface area contributed by atoms with Crippen molar-refractivity contribution in [3.63, 3.8) is 0 Å². The molecule has 0 saturated carbocycles. The van der Waals surface area contributed by atoms with E-state index in [0.29, 0.717) is 0 Å². The minimum Gasteiger partial charge on any atom is -0.359 e. The molecule has 0 amide bonds. The van der Waals surface area contributed by atoms with Crippen LogP contribution in [0.3, 0.4) is 0 Å². The van der Waals surface area contributed by atoms with E-state index >= 15 is 0 Å². The van der Waals surface area contributed by atoms with Crippen LogP contribution in [0.25, 0.3) is 0 Å². The van der Waals surface area contributed by atoms with E-state index in [2.05, 4.69) is 55.8 Å². The van der Waals surface area contributed by atoms with Gasteiger partial charge in [-0.25, -0.2) is 0 Å². The topological polar surface area (TPSA) is 42.9 Å². The molecule has 0 atom stereocenters. The van der Waals surface area contributed by atoms with Crippen LogP contribution in [0.5, 0.6) is 0 Å². The molecule has 6 heteroatoms. The fourth-order valence-electron chi connectivity index (χ4n) is 2.62. The maximum absolute atomic E-state index is 4.12. The van der Waals surface area contributed by atoms with Crippen molar-refractivity contribution in [1.82, 2.24) is 20.4 Å². The lowest BCUT2D eigenvalue weighted by Crippen LogP contribution is -2.48. The largest absolute Gasteiger partial charge is 0.359 e. The van der Waals surface area contributed by atoms with Crippen LogP contribution in [0, 0.1) is 0 Å². The van der Waals surface area contributed by atoms with E-state index in [-0.39, 0.29) is 17.0 Å². The summed E-state index contributed by atoms with van der Waals surface area (Å²) in [4.78, 5) is 9.16. The van der Waals surface area contributed by atoms with Crippen molar-refractivity contribution in [2.45, 2.75) is 6.54 Å². The molecule has 1 aromatic rings. The highest BCUT2D eigenvalue weighted by Gasteiger charge is 2.16.